The Labute approximate surface area is 205 Å². The molecule has 0 aromatic heterocycles. The average Bonchev–Trinajstić information content (AvgIpc) is 3.19. The van der Waals surface area contributed by atoms with Gasteiger partial charge in [-0.05, 0) is 41.0 Å². The van der Waals surface area contributed by atoms with Crippen molar-refractivity contribution in [2.75, 3.05) is 32.8 Å². The molecule has 4 rings (SSSR count). The van der Waals surface area contributed by atoms with Crippen LogP contribution in [0.5, 0.6) is 0 Å². The third kappa shape index (κ3) is 6.19. The Balaban J connectivity index is 1.19. The number of hydrogen-bond donors (Lipinski definition) is 2. The van der Waals surface area contributed by atoms with E-state index in [1.165, 1.54) is 11.1 Å². The highest BCUT2D eigenvalue weighted by Crippen LogP contribution is 2.44. The number of ether oxygens (including phenoxy) is 2. The first-order valence-electron chi connectivity index (χ1n) is 12.1. The van der Waals surface area contributed by atoms with Crippen LogP contribution in [-0.2, 0) is 19.1 Å². The van der Waals surface area contributed by atoms with Crippen molar-refractivity contribution in [2.45, 2.75) is 38.2 Å². The van der Waals surface area contributed by atoms with Crippen molar-refractivity contribution >= 4 is 18.0 Å². The van der Waals surface area contributed by atoms with Gasteiger partial charge >= 0.3 is 12.1 Å². The van der Waals surface area contributed by atoms with Gasteiger partial charge in [0.1, 0.15) is 13.2 Å². The largest absolute Gasteiger partial charge is 0.480 e. The molecule has 2 N–H and O–H groups in total. The van der Waals surface area contributed by atoms with E-state index in [2.05, 4.69) is 29.6 Å². The molecule has 1 atom stereocenters. The minimum absolute atomic E-state index is 0.00885. The first-order valence-corrected chi connectivity index (χ1v) is 12.1. The normalized spacial score (nSPS) is 16.3. The number of likely N-dealkylation sites (tertiary alicyclic amines) is 1. The Morgan fingerprint density at radius 3 is 2.23 bits per heavy atom. The summed E-state index contributed by atoms with van der Waals surface area (Å²) in [5, 5.41) is 11.5. The third-order valence-corrected chi connectivity index (χ3v) is 6.70. The van der Waals surface area contributed by atoms with Gasteiger partial charge in [0.2, 0.25) is 5.91 Å². The minimum Gasteiger partial charge on any atom is -0.480 e. The molecule has 0 radical (unpaired) electrons. The van der Waals surface area contributed by atoms with Crippen molar-refractivity contribution in [1.82, 2.24) is 10.2 Å². The van der Waals surface area contributed by atoms with Gasteiger partial charge < -0.3 is 24.8 Å². The van der Waals surface area contributed by atoms with E-state index in [0.29, 0.717) is 38.9 Å². The van der Waals surface area contributed by atoms with Gasteiger partial charge in [0.15, 0.2) is 0 Å². The maximum Gasteiger partial charge on any atom is 0.407 e. The number of nitrogens with zero attached hydrogens (tertiary/aromatic N) is 1. The van der Waals surface area contributed by atoms with E-state index < -0.39 is 12.1 Å². The van der Waals surface area contributed by atoms with Crippen LogP contribution in [0.2, 0.25) is 0 Å². The number of carboxylic acids is 1. The SMILES string of the molecule is CC(CNC(=O)OCC1c2ccccc2-c2ccccc21)CC(=O)N1CCC(OCC(=O)O)CC1. The molecule has 1 fully saturated rings. The molecule has 35 heavy (non-hydrogen) atoms. The van der Waals surface area contributed by atoms with Gasteiger partial charge in [-0.2, -0.15) is 0 Å². The molecule has 1 aliphatic heterocycles. The van der Waals surface area contributed by atoms with Crippen molar-refractivity contribution in [3.05, 3.63) is 59.7 Å². The Morgan fingerprint density at radius 2 is 1.63 bits per heavy atom. The second kappa shape index (κ2) is 11.4. The van der Waals surface area contributed by atoms with E-state index in [9.17, 15) is 14.4 Å². The third-order valence-electron chi connectivity index (χ3n) is 6.70. The zero-order valence-electron chi connectivity index (χ0n) is 19.9. The fourth-order valence-electron chi connectivity index (χ4n) is 4.87. The second-order valence-electron chi connectivity index (χ2n) is 9.30. The molecule has 8 nitrogen and oxygen atoms in total. The molecule has 2 amide bonds. The summed E-state index contributed by atoms with van der Waals surface area (Å²) in [6.45, 7) is 3.32. The van der Waals surface area contributed by atoms with Crippen LogP contribution in [0.15, 0.2) is 48.5 Å². The lowest BCUT2D eigenvalue weighted by atomic mass is 9.98. The topological polar surface area (TPSA) is 105 Å². The number of piperidine rings is 1. The molecule has 1 saturated heterocycles. The van der Waals surface area contributed by atoms with E-state index in [-0.39, 0.29) is 37.1 Å². The molecule has 8 heteroatoms. The van der Waals surface area contributed by atoms with Crippen LogP contribution in [0, 0.1) is 5.92 Å². The number of carboxylic acid groups (broad SMARTS) is 1. The van der Waals surface area contributed by atoms with Crippen LogP contribution >= 0.6 is 0 Å². The number of aliphatic carboxylic acids is 1. The van der Waals surface area contributed by atoms with Gasteiger partial charge in [-0.1, -0.05) is 55.5 Å². The van der Waals surface area contributed by atoms with Crippen molar-refractivity contribution in [2.24, 2.45) is 5.92 Å². The number of carbonyl (C=O) groups is 3. The van der Waals surface area contributed by atoms with Crippen molar-refractivity contribution in [1.29, 1.82) is 0 Å². The number of nitrogens with one attached hydrogen (secondary N) is 1. The van der Waals surface area contributed by atoms with E-state index in [0.717, 1.165) is 11.1 Å². The quantitative estimate of drug-likeness (QED) is 0.568. The molecular weight excluding hydrogens is 448 g/mol. The number of alkyl carbamates (subject to hydrolysis) is 1. The number of carbonyl (C=O) groups excluding carboxylic acids is 2. The van der Waals surface area contributed by atoms with E-state index in [1.807, 2.05) is 31.2 Å². The minimum atomic E-state index is -0.985. The predicted octanol–water partition coefficient (Wildman–Crippen LogP) is 3.64. The van der Waals surface area contributed by atoms with Crippen molar-refractivity contribution in [3.63, 3.8) is 0 Å². The summed E-state index contributed by atoms with van der Waals surface area (Å²) in [7, 11) is 0. The smallest absolute Gasteiger partial charge is 0.407 e. The Hall–Kier alpha value is -3.39. The maximum absolute atomic E-state index is 12.6. The number of rotatable bonds is 9. The Morgan fingerprint density at radius 1 is 1.03 bits per heavy atom. The predicted molar refractivity (Wildman–Crippen MR) is 130 cm³/mol. The van der Waals surface area contributed by atoms with Gasteiger partial charge in [0.05, 0.1) is 6.10 Å². The fraction of sp³-hybridized carbons (Fsp3) is 0.444. The molecule has 0 saturated carbocycles. The lowest BCUT2D eigenvalue weighted by Gasteiger charge is -2.32. The van der Waals surface area contributed by atoms with Gasteiger partial charge in [-0.15, -0.1) is 0 Å². The van der Waals surface area contributed by atoms with Crippen LogP contribution in [0.4, 0.5) is 4.79 Å². The molecular formula is C27H32N2O6. The van der Waals surface area contributed by atoms with E-state index in [1.54, 1.807) is 4.90 Å². The van der Waals surface area contributed by atoms with Crippen LogP contribution in [0.3, 0.4) is 0 Å². The van der Waals surface area contributed by atoms with Crippen LogP contribution in [0.1, 0.15) is 43.2 Å². The molecule has 2 aromatic rings. The monoisotopic (exact) mass is 480 g/mol. The average molecular weight is 481 g/mol. The summed E-state index contributed by atoms with van der Waals surface area (Å²) in [6.07, 6.45) is 0.978. The van der Waals surface area contributed by atoms with Gasteiger partial charge in [0, 0.05) is 32.0 Å². The van der Waals surface area contributed by atoms with Crippen LogP contribution in [-0.4, -0.2) is 66.9 Å². The molecule has 0 spiro atoms. The number of benzene rings is 2. The first kappa shape index (κ1) is 24.7. The Bertz CT molecular complexity index is 1020. The zero-order valence-corrected chi connectivity index (χ0v) is 19.9. The van der Waals surface area contributed by atoms with Gasteiger partial charge in [-0.25, -0.2) is 9.59 Å². The maximum atomic E-state index is 12.6. The molecule has 2 aromatic carbocycles. The van der Waals surface area contributed by atoms with Crippen molar-refractivity contribution in [3.8, 4) is 11.1 Å². The highest BCUT2D eigenvalue weighted by atomic mass is 16.5. The molecule has 1 aliphatic carbocycles. The van der Waals surface area contributed by atoms with Crippen LogP contribution < -0.4 is 5.32 Å². The lowest BCUT2D eigenvalue weighted by molar-refractivity contribution is -0.147. The second-order valence-corrected chi connectivity index (χ2v) is 9.30. The lowest BCUT2D eigenvalue weighted by Crippen LogP contribution is -2.42. The number of hydrogen-bond acceptors (Lipinski definition) is 5. The van der Waals surface area contributed by atoms with Crippen LogP contribution in [0.25, 0.3) is 11.1 Å². The number of amides is 2. The molecule has 186 valence electrons. The van der Waals surface area contributed by atoms with Gasteiger partial charge in [0.25, 0.3) is 0 Å². The van der Waals surface area contributed by atoms with E-state index >= 15 is 0 Å². The first-order chi connectivity index (χ1) is 16.9. The summed E-state index contributed by atoms with van der Waals surface area (Å²) in [4.78, 5) is 37.4. The standard InChI is InChI=1S/C27H32N2O6/c1-18(14-25(30)29-12-10-19(11-13-29)34-17-26(31)32)15-28-27(33)35-16-24-22-8-4-2-6-20(22)21-7-3-5-9-23(21)24/h2-9,18-19,24H,10-17H2,1H3,(H,28,33)(H,31,32). The molecule has 1 unspecified atom stereocenters. The van der Waals surface area contributed by atoms with Gasteiger partial charge in [-0.3, -0.25) is 4.79 Å². The highest BCUT2D eigenvalue weighted by molar-refractivity contribution is 5.79. The summed E-state index contributed by atoms with van der Waals surface area (Å²) in [5.41, 5.74) is 4.69. The number of fused-ring (bicyclic) bond motifs is 3. The summed E-state index contributed by atoms with van der Waals surface area (Å²) < 4.78 is 10.9. The zero-order chi connectivity index (χ0) is 24.8. The molecule has 1 heterocycles. The highest BCUT2D eigenvalue weighted by Gasteiger charge is 2.29. The van der Waals surface area contributed by atoms with E-state index in [4.69, 9.17) is 14.6 Å². The van der Waals surface area contributed by atoms with Crippen molar-refractivity contribution < 1.29 is 29.0 Å². The molecule has 0 bridgehead atoms. The fourth-order valence-corrected chi connectivity index (χ4v) is 4.87. The Kier molecular flexibility index (Phi) is 8.02. The molecule has 2 aliphatic rings. The summed E-state index contributed by atoms with van der Waals surface area (Å²) >= 11 is 0. The summed E-state index contributed by atoms with van der Waals surface area (Å²) in [5.74, 6) is -0.983. The summed E-state index contributed by atoms with van der Waals surface area (Å²) in [6, 6.07) is 16.4.